The number of fused-ring (bicyclic) bond motifs is 5. The molecule has 0 radical (unpaired) electrons. The predicted octanol–water partition coefficient (Wildman–Crippen LogP) is 5.28. The Morgan fingerprint density at radius 2 is 2.00 bits per heavy atom. The summed E-state index contributed by atoms with van der Waals surface area (Å²) < 4.78 is 0. The van der Waals surface area contributed by atoms with Crippen molar-refractivity contribution in [3.8, 4) is 11.8 Å². The Bertz CT molecular complexity index is 756. The SMILES string of the molecule is CC12CCC3C4CCC(O)(C#CC5CC5)CC4=CCC3C1CCC2C(=O)CBr. The van der Waals surface area contributed by atoms with Crippen molar-refractivity contribution >= 4 is 21.7 Å². The average Bonchev–Trinajstić information content (AvgIpc) is 3.45. The lowest BCUT2D eigenvalue weighted by Crippen LogP contribution is -2.48. The van der Waals surface area contributed by atoms with Crippen LogP contribution in [0.3, 0.4) is 0 Å². The van der Waals surface area contributed by atoms with Crippen LogP contribution in [0.25, 0.3) is 0 Å². The standard InChI is InChI=1S/C25H33BrO2/c1-24-11-9-19-18-10-13-25(28,12-8-16-2-3-16)14-17(18)4-5-20(19)21(24)6-7-22(24)23(27)15-26/h4,16,18-22,28H,2-3,5-7,9-11,13-15H2,1H3. The van der Waals surface area contributed by atoms with Crippen molar-refractivity contribution in [2.24, 2.45) is 40.9 Å². The molecule has 1 N–H and O–H groups in total. The molecule has 4 fully saturated rings. The van der Waals surface area contributed by atoms with Crippen molar-refractivity contribution < 1.29 is 9.90 Å². The molecule has 0 aliphatic heterocycles. The molecule has 4 saturated carbocycles. The molecule has 7 atom stereocenters. The third kappa shape index (κ3) is 3.14. The van der Waals surface area contributed by atoms with Crippen molar-refractivity contribution in [2.75, 3.05) is 5.33 Å². The van der Waals surface area contributed by atoms with Gasteiger partial charge in [0.25, 0.3) is 0 Å². The first-order valence-corrected chi connectivity index (χ1v) is 12.6. The van der Waals surface area contributed by atoms with Crippen molar-refractivity contribution in [1.29, 1.82) is 0 Å². The molecular weight excluding hydrogens is 412 g/mol. The lowest BCUT2D eigenvalue weighted by Gasteiger charge is -2.54. The van der Waals surface area contributed by atoms with Gasteiger partial charge < -0.3 is 5.11 Å². The molecule has 0 aromatic carbocycles. The van der Waals surface area contributed by atoms with Gasteiger partial charge >= 0.3 is 0 Å². The fourth-order valence-corrected chi connectivity index (χ4v) is 7.88. The molecule has 5 aliphatic rings. The zero-order chi connectivity index (χ0) is 19.5. The minimum atomic E-state index is -0.776. The van der Waals surface area contributed by atoms with Crippen molar-refractivity contribution in [1.82, 2.24) is 0 Å². The minimum Gasteiger partial charge on any atom is -0.377 e. The number of hydrogen-bond acceptors (Lipinski definition) is 2. The van der Waals surface area contributed by atoms with E-state index in [-0.39, 0.29) is 11.3 Å². The molecule has 0 spiro atoms. The molecule has 28 heavy (non-hydrogen) atoms. The van der Waals surface area contributed by atoms with Crippen LogP contribution in [0.1, 0.15) is 71.1 Å². The normalized spacial score (nSPS) is 47.1. The van der Waals surface area contributed by atoms with E-state index in [1.807, 2.05) is 0 Å². The Hall–Kier alpha value is -0.590. The first-order valence-electron chi connectivity index (χ1n) is 11.5. The Balaban J connectivity index is 1.35. The van der Waals surface area contributed by atoms with E-state index in [4.69, 9.17) is 0 Å². The van der Waals surface area contributed by atoms with Crippen LogP contribution in [0.4, 0.5) is 0 Å². The molecule has 7 unspecified atom stereocenters. The second kappa shape index (κ2) is 6.98. The number of carbonyl (C=O) groups excluding carboxylic acids is 1. The summed E-state index contributed by atoms with van der Waals surface area (Å²) in [5.41, 5.74) is 0.930. The van der Waals surface area contributed by atoms with E-state index in [1.165, 1.54) is 37.7 Å². The lowest BCUT2D eigenvalue weighted by atomic mass is 9.51. The number of ketones is 1. The predicted molar refractivity (Wildman–Crippen MR) is 115 cm³/mol. The van der Waals surface area contributed by atoms with Crippen LogP contribution < -0.4 is 0 Å². The minimum absolute atomic E-state index is 0.211. The molecule has 0 amide bonds. The summed E-state index contributed by atoms with van der Waals surface area (Å²) >= 11 is 3.42. The van der Waals surface area contributed by atoms with Gasteiger partial charge in [-0.25, -0.2) is 0 Å². The van der Waals surface area contributed by atoms with Crippen molar-refractivity contribution in [2.45, 2.75) is 76.7 Å². The number of allylic oxidation sites excluding steroid dienone is 1. The second-order valence-corrected chi connectivity index (χ2v) is 11.2. The van der Waals surface area contributed by atoms with Crippen LogP contribution >= 0.6 is 15.9 Å². The molecule has 0 aromatic heterocycles. The maximum Gasteiger partial charge on any atom is 0.147 e. The van der Waals surface area contributed by atoms with E-state index in [1.54, 1.807) is 0 Å². The first-order chi connectivity index (χ1) is 13.4. The van der Waals surface area contributed by atoms with E-state index in [0.717, 1.165) is 43.9 Å². The third-order valence-corrected chi connectivity index (χ3v) is 9.66. The quantitative estimate of drug-likeness (QED) is 0.357. The third-order valence-electron chi connectivity index (χ3n) is 9.11. The van der Waals surface area contributed by atoms with E-state index in [9.17, 15) is 9.90 Å². The van der Waals surface area contributed by atoms with E-state index < -0.39 is 5.60 Å². The Labute approximate surface area is 178 Å². The summed E-state index contributed by atoms with van der Waals surface area (Å²) in [7, 11) is 0. The van der Waals surface area contributed by atoms with Crippen LogP contribution in [0.2, 0.25) is 0 Å². The Kier molecular flexibility index (Phi) is 4.83. The highest BCUT2D eigenvalue weighted by molar-refractivity contribution is 9.09. The second-order valence-electron chi connectivity index (χ2n) is 10.6. The summed E-state index contributed by atoms with van der Waals surface area (Å²) in [4.78, 5) is 12.5. The van der Waals surface area contributed by atoms with Crippen molar-refractivity contribution in [3.05, 3.63) is 11.6 Å². The highest BCUT2D eigenvalue weighted by Crippen LogP contribution is 2.63. The molecule has 0 aromatic rings. The van der Waals surface area contributed by atoms with Gasteiger partial charge in [0.2, 0.25) is 0 Å². The molecule has 0 bridgehead atoms. The molecule has 5 aliphatic carbocycles. The molecule has 152 valence electrons. The molecule has 0 heterocycles. The zero-order valence-corrected chi connectivity index (χ0v) is 18.6. The van der Waals surface area contributed by atoms with Crippen LogP contribution in [0, 0.1) is 52.8 Å². The van der Waals surface area contributed by atoms with Crippen LogP contribution in [-0.4, -0.2) is 21.8 Å². The maximum absolute atomic E-state index is 12.5. The molecule has 2 nitrogen and oxygen atoms in total. The topological polar surface area (TPSA) is 37.3 Å². The Morgan fingerprint density at radius 3 is 2.75 bits per heavy atom. The van der Waals surface area contributed by atoms with Crippen LogP contribution in [0.15, 0.2) is 11.6 Å². The average molecular weight is 445 g/mol. The van der Waals surface area contributed by atoms with E-state index in [0.29, 0.717) is 28.9 Å². The molecule has 0 saturated heterocycles. The zero-order valence-electron chi connectivity index (χ0n) is 17.1. The van der Waals surface area contributed by atoms with Crippen LogP contribution in [0.5, 0.6) is 0 Å². The summed E-state index contributed by atoms with van der Waals surface area (Å²) in [5, 5.41) is 11.6. The van der Waals surface area contributed by atoms with Gasteiger partial charge in [0.15, 0.2) is 0 Å². The van der Waals surface area contributed by atoms with Crippen molar-refractivity contribution in [3.63, 3.8) is 0 Å². The highest BCUT2D eigenvalue weighted by Gasteiger charge is 2.57. The number of aliphatic hydroxyl groups is 1. The molecule has 3 heteroatoms. The first kappa shape index (κ1) is 19.4. The maximum atomic E-state index is 12.5. The summed E-state index contributed by atoms with van der Waals surface area (Å²) in [6.45, 7) is 2.42. The number of carbonyl (C=O) groups is 1. The van der Waals surface area contributed by atoms with Gasteiger partial charge in [0.05, 0.1) is 5.33 Å². The van der Waals surface area contributed by atoms with Gasteiger partial charge in [-0.1, -0.05) is 46.3 Å². The summed E-state index contributed by atoms with van der Waals surface area (Å²) in [6, 6.07) is 0. The highest BCUT2D eigenvalue weighted by atomic mass is 79.9. The van der Waals surface area contributed by atoms with E-state index in [2.05, 4.69) is 40.8 Å². The Morgan fingerprint density at radius 1 is 1.18 bits per heavy atom. The van der Waals surface area contributed by atoms with Gasteiger partial charge in [-0.15, -0.1) is 0 Å². The van der Waals surface area contributed by atoms with Gasteiger partial charge in [0, 0.05) is 18.3 Å². The summed E-state index contributed by atoms with van der Waals surface area (Å²) in [5.74, 6) is 10.7. The van der Waals surface area contributed by atoms with E-state index >= 15 is 0 Å². The molecular formula is C25H33BrO2. The monoisotopic (exact) mass is 444 g/mol. The van der Waals surface area contributed by atoms with Gasteiger partial charge in [0.1, 0.15) is 11.4 Å². The fourth-order valence-electron chi connectivity index (χ4n) is 7.49. The number of rotatable bonds is 2. The summed E-state index contributed by atoms with van der Waals surface area (Å²) in [6.07, 6.45) is 13.6. The fraction of sp³-hybridized carbons (Fsp3) is 0.800. The number of alkyl halides is 1. The van der Waals surface area contributed by atoms with Crippen LogP contribution in [-0.2, 0) is 4.79 Å². The van der Waals surface area contributed by atoms with Gasteiger partial charge in [-0.2, -0.15) is 0 Å². The van der Waals surface area contributed by atoms with Gasteiger partial charge in [-0.05, 0) is 86.9 Å². The lowest BCUT2D eigenvalue weighted by molar-refractivity contribution is -0.126. The number of hydrogen-bond donors (Lipinski definition) is 1. The molecule has 5 rings (SSSR count). The number of Topliss-reactive ketones (excluding diaryl/α,β-unsaturated/α-hetero) is 1. The van der Waals surface area contributed by atoms with Gasteiger partial charge in [-0.3, -0.25) is 4.79 Å². The number of halogens is 1. The smallest absolute Gasteiger partial charge is 0.147 e. The largest absolute Gasteiger partial charge is 0.377 e.